The zero-order valence-corrected chi connectivity index (χ0v) is 5.85. The smallest absolute Gasteiger partial charge is 0.0151 e. The number of hydrogen-bond donors (Lipinski definition) is 1. The van der Waals surface area contributed by atoms with Gasteiger partial charge in [-0.15, -0.1) is 0 Å². The van der Waals surface area contributed by atoms with E-state index >= 15 is 0 Å². The highest BCUT2D eigenvalue weighted by molar-refractivity contribution is 5.31. The number of hydrogen-bond acceptors (Lipinski definition) is 1. The summed E-state index contributed by atoms with van der Waals surface area (Å²) in [7, 11) is 0. The van der Waals surface area contributed by atoms with E-state index in [1.165, 1.54) is 12.0 Å². The molecule has 50 valence electrons. The van der Waals surface area contributed by atoms with E-state index in [0.29, 0.717) is 0 Å². The van der Waals surface area contributed by atoms with Crippen molar-refractivity contribution >= 4 is 0 Å². The van der Waals surface area contributed by atoms with Gasteiger partial charge in [0.25, 0.3) is 0 Å². The summed E-state index contributed by atoms with van der Waals surface area (Å²) < 4.78 is 0. The van der Waals surface area contributed by atoms with Crippen molar-refractivity contribution in [1.82, 2.24) is 0 Å². The van der Waals surface area contributed by atoms with Crippen LogP contribution in [0.2, 0.25) is 0 Å². The van der Waals surface area contributed by atoms with Gasteiger partial charge in [-0.25, -0.2) is 0 Å². The zero-order valence-electron chi connectivity index (χ0n) is 5.85. The van der Waals surface area contributed by atoms with Gasteiger partial charge in [0.1, 0.15) is 0 Å². The summed E-state index contributed by atoms with van der Waals surface area (Å²) in [6, 6.07) is 0. The van der Waals surface area contributed by atoms with Gasteiger partial charge in [0, 0.05) is 12.1 Å². The molecule has 0 unspecified atom stereocenters. The summed E-state index contributed by atoms with van der Waals surface area (Å²) in [5.74, 6) is 0. The zero-order chi connectivity index (χ0) is 6.69. The van der Waals surface area contributed by atoms with Crippen molar-refractivity contribution in [3.63, 3.8) is 0 Å². The van der Waals surface area contributed by atoms with Crippen LogP contribution in [-0.2, 0) is 0 Å². The first-order valence-corrected chi connectivity index (χ1v) is 3.48. The summed E-state index contributed by atoms with van der Waals surface area (Å²) in [5.41, 5.74) is 8.09. The van der Waals surface area contributed by atoms with Gasteiger partial charge in [0.05, 0.1) is 0 Å². The molecule has 0 aliphatic heterocycles. The standard InChI is InChI=1S/C8H13N/c1-2-4-7-5-3-6-8(7)9/h3,5H,2,4,6,9H2,1H3. The molecule has 0 aromatic rings. The van der Waals surface area contributed by atoms with E-state index in [0.717, 1.165) is 18.5 Å². The third kappa shape index (κ3) is 1.35. The Hall–Kier alpha value is -0.720. The van der Waals surface area contributed by atoms with Crippen molar-refractivity contribution < 1.29 is 0 Å². The van der Waals surface area contributed by atoms with Crippen LogP contribution in [0.4, 0.5) is 0 Å². The topological polar surface area (TPSA) is 26.0 Å². The number of rotatable bonds is 2. The first kappa shape index (κ1) is 6.40. The van der Waals surface area contributed by atoms with Gasteiger partial charge in [0.2, 0.25) is 0 Å². The minimum absolute atomic E-state index is 0.968. The summed E-state index contributed by atoms with van der Waals surface area (Å²) >= 11 is 0. The van der Waals surface area contributed by atoms with Crippen LogP contribution in [0.1, 0.15) is 26.2 Å². The Kier molecular flexibility index (Phi) is 1.93. The SMILES string of the molecule is CCCC1=C(N)CC=C1. The molecule has 0 atom stereocenters. The number of nitrogens with two attached hydrogens (primary N) is 1. The van der Waals surface area contributed by atoms with E-state index in [4.69, 9.17) is 5.73 Å². The molecule has 1 heteroatoms. The molecule has 0 aromatic carbocycles. The fourth-order valence-corrected chi connectivity index (χ4v) is 1.08. The van der Waals surface area contributed by atoms with Crippen LogP contribution in [0.15, 0.2) is 23.4 Å². The Morgan fingerprint density at radius 3 is 2.89 bits per heavy atom. The Bertz CT molecular complexity index is 154. The van der Waals surface area contributed by atoms with Crippen molar-refractivity contribution in [2.24, 2.45) is 5.73 Å². The van der Waals surface area contributed by atoms with Gasteiger partial charge < -0.3 is 5.73 Å². The van der Waals surface area contributed by atoms with Gasteiger partial charge in [-0.1, -0.05) is 25.5 Å². The fraction of sp³-hybridized carbons (Fsp3) is 0.500. The Morgan fingerprint density at radius 2 is 2.44 bits per heavy atom. The summed E-state index contributed by atoms with van der Waals surface area (Å²) in [6.45, 7) is 2.17. The van der Waals surface area contributed by atoms with Gasteiger partial charge in [0.15, 0.2) is 0 Å². The molecule has 0 saturated carbocycles. The third-order valence-electron chi connectivity index (χ3n) is 1.59. The van der Waals surface area contributed by atoms with Crippen LogP contribution in [0.25, 0.3) is 0 Å². The van der Waals surface area contributed by atoms with E-state index in [2.05, 4.69) is 19.1 Å². The Labute approximate surface area is 56.2 Å². The molecule has 0 heterocycles. The summed E-state index contributed by atoms with van der Waals surface area (Å²) in [4.78, 5) is 0. The average molecular weight is 123 g/mol. The fourth-order valence-electron chi connectivity index (χ4n) is 1.08. The van der Waals surface area contributed by atoms with E-state index < -0.39 is 0 Å². The second kappa shape index (κ2) is 2.72. The molecule has 9 heavy (non-hydrogen) atoms. The molecule has 0 amide bonds. The van der Waals surface area contributed by atoms with Crippen molar-refractivity contribution in [3.8, 4) is 0 Å². The summed E-state index contributed by atoms with van der Waals surface area (Å²) in [6.07, 6.45) is 7.57. The minimum Gasteiger partial charge on any atom is -0.402 e. The predicted octanol–water partition coefficient (Wildman–Crippen LogP) is 1.96. The van der Waals surface area contributed by atoms with Crippen molar-refractivity contribution in [2.45, 2.75) is 26.2 Å². The van der Waals surface area contributed by atoms with Crippen LogP contribution < -0.4 is 5.73 Å². The lowest BCUT2D eigenvalue weighted by molar-refractivity contribution is 0.912. The highest BCUT2D eigenvalue weighted by Gasteiger charge is 2.02. The maximum Gasteiger partial charge on any atom is 0.0151 e. The van der Waals surface area contributed by atoms with Crippen LogP contribution in [0, 0.1) is 0 Å². The highest BCUT2D eigenvalue weighted by Crippen LogP contribution is 2.18. The predicted molar refractivity (Wildman–Crippen MR) is 39.9 cm³/mol. The number of allylic oxidation sites excluding steroid dienone is 3. The van der Waals surface area contributed by atoms with E-state index in [1.807, 2.05) is 0 Å². The van der Waals surface area contributed by atoms with Crippen LogP contribution >= 0.6 is 0 Å². The lowest BCUT2D eigenvalue weighted by Crippen LogP contribution is -1.95. The molecule has 1 nitrogen and oxygen atoms in total. The van der Waals surface area contributed by atoms with E-state index in [-0.39, 0.29) is 0 Å². The molecule has 0 aromatic heterocycles. The molecule has 0 spiro atoms. The monoisotopic (exact) mass is 123 g/mol. The quantitative estimate of drug-likeness (QED) is 0.596. The molecule has 2 N–H and O–H groups in total. The van der Waals surface area contributed by atoms with Gasteiger partial charge in [-0.3, -0.25) is 0 Å². The lowest BCUT2D eigenvalue weighted by Gasteiger charge is -1.97. The second-order valence-electron chi connectivity index (χ2n) is 2.41. The first-order valence-electron chi connectivity index (χ1n) is 3.48. The van der Waals surface area contributed by atoms with Gasteiger partial charge >= 0.3 is 0 Å². The van der Waals surface area contributed by atoms with Crippen LogP contribution in [-0.4, -0.2) is 0 Å². The van der Waals surface area contributed by atoms with E-state index in [1.54, 1.807) is 0 Å². The maximum absolute atomic E-state index is 5.68. The largest absolute Gasteiger partial charge is 0.402 e. The first-order chi connectivity index (χ1) is 4.34. The van der Waals surface area contributed by atoms with Gasteiger partial charge in [-0.05, 0) is 12.0 Å². The normalized spacial score (nSPS) is 17.4. The Morgan fingerprint density at radius 1 is 1.67 bits per heavy atom. The van der Waals surface area contributed by atoms with Crippen LogP contribution in [0.3, 0.4) is 0 Å². The molecule has 0 radical (unpaired) electrons. The Balaban J connectivity index is 2.54. The van der Waals surface area contributed by atoms with E-state index in [9.17, 15) is 0 Å². The minimum atomic E-state index is 0.968. The molecule has 0 fully saturated rings. The van der Waals surface area contributed by atoms with Crippen molar-refractivity contribution in [3.05, 3.63) is 23.4 Å². The molecule has 1 aliphatic rings. The van der Waals surface area contributed by atoms with Gasteiger partial charge in [-0.2, -0.15) is 0 Å². The highest BCUT2D eigenvalue weighted by atomic mass is 14.6. The van der Waals surface area contributed by atoms with Crippen molar-refractivity contribution in [1.29, 1.82) is 0 Å². The lowest BCUT2D eigenvalue weighted by atomic mass is 10.1. The molecular weight excluding hydrogens is 110 g/mol. The molecule has 0 saturated heterocycles. The maximum atomic E-state index is 5.68. The second-order valence-corrected chi connectivity index (χ2v) is 2.41. The third-order valence-corrected chi connectivity index (χ3v) is 1.59. The molecule has 1 aliphatic carbocycles. The van der Waals surface area contributed by atoms with Crippen LogP contribution in [0.5, 0.6) is 0 Å². The summed E-state index contributed by atoms with van der Waals surface area (Å²) in [5, 5.41) is 0. The van der Waals surface area contributed by atoms with Crippen molar-refractivity contribution in [2.75, 3.05) is 0 Å². The molecular formula is C8H13N. The molecule has 0 bridgehead atoms. The molecule has 1 rings (SSSR count). The average Bonchev–Trinajstić information content (AvgIpc) is 2.18.